The molecule has 1 rings (SSSR count). The van der Waals surface area contributed by atoms with E-state index in [9.17, 15) is 4.39 Å². The second-order valence-electron chi connectivity index (χ2n) is 5.13. The van der Waals surface area contributed by atoms with Crippen LogP contribution < -0.4 is 5.32 Å². The van der Waals surface area contributed by atoms with Gasteiger partial charge in [-0.3, -0.25) is 0 Å². The minimum atomic E-state index is -0.318. The maximum absolute atomic E-state index is 13.4. The van der Waals surface area contributed by atoms with Gasteiger partial charge < -0.3 is 5.32 Å². The largest absolute Gasteiger partial charge is 0.314 e. The first-order chi connectivity index (χ1) is 8.54. The second kappa shape index (κ2) is 7.75. The maximum atomic E-state index is 13.4. The van der Waals surface area contributed by atoms with E-state index in [0.717, 1.165) is 31.4 Å². The zero-order valence-electron chi connectivity index (χ0n) is 11.5. The maximum Gasteiger partial charge on any atom is 0.142 e. The Labute approximate surface area is 115 Å². The van der Waals surface area contributed by atoms with E-state index < -0.39 is 0 Å². The predicted molar refractivity (Wildman–Crippen MR) is 76.7 cm³/mol. The quantitative estimate of drug-likeness (QED) is 0.773. The van der Waals surface area contributed by atoms with Gasteiger partial charge in [0.25, 0.3) is 0 Å². The third-order valence-corrected chi connectivity index (χ3v) is 3.48. The lowest BCUT2D eigenvalue weighted by molar-refractivity contribution is 0.418. The van der Waals surface area contributed by atoms with E-state index in [-0.39, 0.29) is 10.8 Å². The summed E-state index contributed by atoms with van der Waals surface area (Å²) < 4.78 is 13.4. The molecule has 0 aliphatic rings. The van der Waals surface area contributed by atoms with E-state index in [0.29, 0.717) is 12.0 Å². The van der Waals surface area contributed by atoms with Gasteiger partial charge in [-0.15, -0.1) is 0 Å². The summed E-state index contributed by atoms with van der Waals surface area (Å²) in [4.78, 5) is 0. The van der Waals surface area contributed by atoms with Crippen LogP contribution in [0, 0.1) is 11.7 Å². The van der Waals surface area contributed by atoms with Gasteiger partial charge in [-0.1, -0.05) is 50.9 Å². The van der Waals surface area contributed by atoms with Crippen molar-refractivity contribution in [1.29, 1.82) is 0 Å². The van der Waals surface area contributed by atoms with E-state index in [4.69, 9.17) is 11.6 Å². The number of hydrogen-bond acceptors (Lipinski definition) is 1. The Morgan fingerprint density at radius 3 is 2.67 bits per heavy atom. The summed E-state index contributed by atoms with van der Waals surface area (Å²) in [6.07, 6.45) is 3.11. The molecule has 3 heteroatoms. The molecular formula is C15H23ClFN. The first kappa shape index (κ1) is 15.5. The summed E-state index contributed by atoms with van der Waals surface area (Å²) in [6, 6.07) is 5.54. The molecular weight excluding hydrogens is 249 g/mol. The minimum absolute atomic E-state index is 0.281. The fourth-order valence-electron chi connectivity index (χ4n) is 2.10. The summed E-state index contributed by atoms with van der Waals surface area (Å²) in [5.41, 5.74) is 0.917. The molecule has 0 heterocycles. The molecule has 0 spiro atoms. The molecule has 0 fully saturated rings. The molecule has 1 atom stereocenters. The van der Waals surface area contributed by atoms with Gasteiger partial charge in [0.15, 0.2) is 0 Å². The average molecular weight is 272 g/mol. The molecule has 18 heavy (non-hydrogen) atoms. The minimum Gasteiger partial charge on any atom is -0.314 e. The Kier molecular flexibility index (Phi) is 6.66. The number of halogens is 2. The average Bonchev–Trinajstić information content (AvgIpc) is 2.32. The Balaban J connectivity index is 2.67. The van der Waals surface area contributed by atoms with Crippen LogP contribution in [0.25, 0.3) is 0 Å². The molecule has 1 N–H and O–H groups in total. The van der Waals surface area contributed by atoms with Crippen molar-refractivity contribution in [2.45, 2.75) is 46.1 Å². The summed E-state index contributed by atoms with van der Waals surface area (Å²) in [7, 11) is 0. The monoisotopic (exact) mass is 271 g/mol. The summed E-state index contributed by atoms with van der Waals surface area (Å²) in [5, 5.41) is 3.73. The first-order valence-electron chi connectivity index (χ1n) is 6.70. The van der Waals surface area contributed by atoms with Crippen molar-refractivity contribution in [3.05, 3.63) is 34.6 Å². The Morgan fingerprint density at radius 1 is 1.33 bits per heavy atom. The lowest BCUT2D eigenvalue weighted by Gasteiger charge is -2.19. The lowest BCUT2D eigenvalue weighted by Crippen LogP contribution is -2.30. The van der Waals surface area contributed by atoms with Gasteiger partial charge in [0.05, 0.1) is 5.02 Å². The summed E-state index contributed by atoms with van der Waals surface area (Å²) in [5.74, 6) is 0.193. The van der Waals surface area contributed by atoms with Crippen molar-refractivity contribution in [3.8, 4) is 0 Å². The third kappa shape index (κ3) is 4.95. The Hall–Kier alpha value is -0.600. The summed E-state index contributed by atoms with van der Waals surface area (Å²) >= 11 is 6.00. The van der Waals surface area contributed by atoms with Crippen molar-refractivity contribution < 1.29 is 4.39 Å². The smallest absolute Gasteiger partial charge is 0.142 e. The molecule has 1 unspecified atom stereocenters. The predicted octanol–water partition coefficient (Wildman–Crippen LogP) is 4.44. The van der Waals surface area contributed by atoms with E-state index >= 15 is 0 Å². The third-order valence-electron chi connectivity index (χ3n) is 3.05. The van der Waals surface area contributed by atoms with E-state index in [1.54, 1.807) is 6.07 Å². The van der Waals surface area contributed by atoms with E-state index in [1.807, 2.05) is 6.07 Å². The normalized spacial score (nSPS) is 13.0. The number of benzene rings is 1. The number of rotatable bonds is 7. The molecule has 0 amide bonds. The Bertz CT molecular complexity index is 366. The molecule has 1 aromatic rings. The molecule has 0 bridgehead atoms. The highest BCUT2D eigenvalue weighted by Gasteiger charge is 2.13. The van der Waals surface area contributed by atoms with Gasteiger partial charge in [0, 0.05) is 6.04 Å². The lowest BCUT2D eigenvalue weighted by atomic mass is 9.94. The Morgan fingerprint density at radius 2 is 2.06 bits per heavy atom. The number of nitrogens with one attached hydrogen (secondary N) is 1. The van der Waals surface area contributed by atoms with E-state index in [1.165, 1.54) is 6.07 Å². The molecule has 0 aliphatic heterocycles. The molecule has 1 aromatic carbocycles. The van der Waals surface area contributed by atoms with Gasteiger partial charge >= 0.3 is 0 Å². The van der Waals surface area contributed by atoms with Crippen LogP contribution in [0.5, 0.6) is 0 Å². The first-order valence-corrected chi connectivity index (χ1v) is 7.08. The molecule has 0 saturated heterocycles. The van der Waals surface area contributed by atoms with Crippen molar-refractivity contribution in [2.75, 3.05) is 6.54 Å². The zero-order chi connectivity index (χ0) is 13.5. The van der Waals surface area contributed by atoms with Crippen LogP contribution in [0.3, 0.4) is 0 Å². The molecule has 0 saturated carbocycles. The second-order valence-corrected chi connectivity index (χ2v) is 5.51. The van der Waals surface area contributed by atoms with Crippen LogP contribution in [-0.2, 0) is 6.42 Å². The van der Waals surface area contributed by atoms with Gasteiger partial charge in [-0.05, 0) is 36.9 Å². The van der Waals surface area contributed by atoms with Crippen LogP contribution in [0.15, 0.2) is 18.2 Å². The van der Waals surface area contributed by atoms with Crippen LogP contribution >= 0.6 is 11.6 Å². The van der Waals surface area contributed by atoms with Gasteiger partial charge in [-0.25, -0.2) is 4.39 Å². The highest BCUT2D eigenvalue weighted by atomic mass is 35.5. The van der Waals surface area contributed by atoms with Crippen LogP contribution in [0.1, 0.15) is 39.2 Å². The van der Waals surface area contributed by atoms with Gasteiger partial charge in [0.1, 0.15) is 5.82 Å². The molecule has 0 aromatic heterocycles. The van der Waals surface area contributed by atoms with Crippen LogP contribution in [0.4, 0.5) is 4.39 Å². The molecule has 102 valence electrons. The van der Waals surface area contributed by atoms with Crippen molar-refractivity contribution >= 4 is 11.6 Å². The molecule has 0 radical (unpaired) electrons. The van der Waals surface area contributed by atoms with Crippen molar-refractivity contribution in [1.82, 2.24) is 5.32 Å². The van der Waals surface area contributed by atoms with Crippen molar-refractivity contribution in [3.63, 3.8) is 0 Å². The van der Waals surface area contributed by atoms with E-state index in [2.05, 4.69) is 26.1 Å². The molecule has 0 aliphatic carbocycles. The van der Waals surface area contributed by atoms with Gasteiger partial charge in [-0.2, -0.15) is 0 Å². The topological polar surface area (TPSA) is 12.0 Å². The van der Waals surface area contributed by atoms with Crippen LogP contribution in [-0.4, -0.2) is 12.6 Å². The highest BCUT2D eigenvalue weighted by molar-refractivity contribution is 6.31. The molecule has 1 nitrogen and oxygen atoms in total. The fourth-order valence-corrected chi connectivity index (χ4v) is 2.31. The zero-order valence-corrected chi connectivity index (χ0v) is 12.2. The van der Waals surface area contributed by atoms with Gasteiger partial charge in [0.2, 0.25) is 0 Å². The SMILES string of the molecule is CCCC(CNC(C)C)Cc1cccc(F)c1Cl. The fraction of sp³-hybridized carbons (Fsp3) is 0.600. The number of hydrogen-bond donors (Lipinski definition) is 1. The highest BCUT2D eigenvalue weighted by Crippen LogP contribution is 2.23. The standard InChI is InChI=1S/C15H23ClFN/c1-4-6-12(10-18-11(2)3)9-13-7-5-8-14(17)15(13)16/h5,7-8,11-12,18H,4,6,9-10H2,1-3H3. The summed E-state index contributed by atoms with van der Waals surface area (Å²) in [6.45, 7) is 7.41. The van der Waals surface area contributed by atoms with Crippen molar-refractivity contribution in [2.24, 2.45) is 5.92 Å². The van der Waals surface area contributed by atoms with Crippen LogP contribution in [0.2, 0.25) is 5.02 Å².